The molecular formula is C14H17O2. The summed E-state index contributed by atoms with van der Waals surface area (Å²) in [6, 6.07) is 6.89. The van der Waals surface area contributed by atoms with E-state index in [0.29, 0.717) is 18.1 Å². The molecule has 0 N–H and O–H groups in total. The molecular weight excluding hydrogens is 200 g/mol. The first-order valence-corrected chi connectivity index (χ1v) is 5.94. The summed E-state index contributed by atoms with van der Waals surface area (Å²) in [6.07, 6.45) is 6.29. The van der Waals surface area contributed by atoms with Crippen LogP contribution in [-0.2, 0) is 4.79 Å². The Morgan fingerprint density at radius 3 is 2.81 bits per heavy atom. The number of rotatable bonds is 3. The van der Waals surface area contributed by atoms with E-state index in [4.69, 9.17) is 4.74 Å². The third-order valence-electron chi connectivity index (χ3n) is 3.40. The molecule has 0 spiro atoms. The average Bonchev–Trinajstić information content (AvgIpc) is 2.31. The molecule has 1 aliphatic rings. The van der Waals surface area contributed by atoms with Gasteiger partial charge in [0.05, 0.1) is 0 Å². The molecule has 0 aliphatic heterocycles. The van der Waals surface area contributed by atoms with Crippen LogP contribution in [-0.4, -0.2) is 6.47 Å². The number of carbonyl (C=O) groups excluding carboxylic acids is 1. The minimum absolute atomic E-state index is 0.498. The largest absolute Gasteiger partial charge is 0.428 e. The summed E-state index contributed by atoms with van der Waals surface area (Å²) in [7, 11) is 0. The molecule has 1 aromatic rings. The van der Waals surface area contributed by atoms with E-state index in [0.717, 1.165) is 0 Å². The highest BCUT2D eigenvalue weighted by Gasteiger charge is 2.21. The van der Waals surface area contributed by atoms with E-state index in [9.17, 15) is 4.79 Å². The van der Waals surface area contributed by atoms with Gasteiger partial charge in [-0.25, -0.2) is 0 Å². The Kier molecular flexibility index (Phi) is 3.60. The molecule has 2 nitrogen and oxygen atoms in total. The molecule has 0 amide bonds. The van der Waals surface area contributed by atoms with Gasteiger partial charge < -0.3 is 4.74 Å². The van der Waals surface area contributed by atoms with Gasteiger partial charge in [-0.2, -0.15) is 0 Å². The lowest BCUT2D eigenvalue weighted by molar-refractivity contribution is -0.120. The van der Waals surface area contributed by atoms with Crippen molar-refractivity contribution in [2.45, 2.75) is 44.9 Å². The first kappa shape index (κ1) is 11.2. The van der Waals surface area contributed by atoms with Gasteiger partial charge in [0.2, 0.25) is 0 Å². The van der Waals surface area contributed by atoms with Crippen molar-refractivity contribution in [1.82, 2.24) is 0 Å². The molecule has 1 fully saturated rings. The number of benzene rings is 1. The van der Waals surface area contributed by atoms with Crippen LogP contribution in [0.5, 0.6) is 5.75 Å². The molecule has 16 heavy (non-hydrogen) atoms. The molecule has 1 aromatic carbocycles. The van der Waals surface area contributed by atoms with Crippen molar-refractivity contribution in [1.29, 1.82) is 0 Å². The van der Waals surface area contributed by atoms with Crippen LogP contribution in [0.25, 0.3) is 0 Å². The molecule has 0 bridgehead atoms. The predicted molar refractivity (Wildman–Crippen MR) is 62.5 cm³/mol. The van der Waals surface area contributed by atoms with Gasteiger partial charge in [0.15, 0.2) is 0 Å². The Morgan fingerprint density at radius 1 is 1.38 bits per heavy atom. The van der Waals surface area contributed by atoms with Crippen LogP contribution in [0.1, 0.15) is 49.1 Å². The van der Waals surface area contributed by atoms with E-state index in [1.165, 1.54) is 43.2 Å². The third-order valence-corrected chi connectivity index (χ3v) is 3.40. The second-order valence-electron chi connectivity index (χ2n) is 4.45. The summed E-state index contributed by atoms with van der Waals surface area (Å²) >= 11 is 0. The number of ether oxygens (including phenoxy) is 1. The van der Waals surface area contributed by atoms with Crippen LogP contribution < -0.4 is 4.74 Å². The summed E-state index contributed by atoms with van der Waals surface area (Å²) < 4.78 is 5.03. The van der Waals surface area contributed by atoms with E-state index in [1.54, 1.807) is 0 Å². The summed E-state index contributed by atoms with van der Waals surface area (Å²) in [5, 5.41) is 0. The first-order chi connectivity index (χ1) is 7.83. The molecule has 1 aliphatic carbocycles. The SMILES string of the molecule is Cc1cc[c]c(OC=O)c1C1CCCCC1. The molecule has 0 saturated heterocycles. The fraction of sp³-hybridized carbons (Fsp3) is 0.500. The molecule has 85 valence electrons. The molecule has 0 heterocycles. The van der Waals surface area contributed by atoms with Crippen molar-refractivity contribution in [3.8, 4) is 5.75 Å². The van der Waals surface area contributed by atoms with Gasteiger partial charge in [0, 0.05) is 11.6 Å². The van der Waals surface area contributed by atoms with E-state index >= 15 is 0 Å². The minimum atomic E-state index is 0.498. The lowest BCUT2D eigenvalue weighted by Gasteiger charge is -2.24. The van der Waals surface area contributed by atoms with Crippen molar-refractivity contribution < 1.29 is 9.53 Å². The Bertz CT molecular complexity index is 365. The van der Waals surface area contributed by atoms with E-state index < -0.39 is 0 Å². The van der Waals surface area contributed by atoms with Gasteiger partial charge in [0.25, 0.3) is 6.47 Å². The zero-order chi connectivity index (χ0) is 11.4. The topological polar surface area (TPSA) is 26.3 Å². The third kappa shape index (κ3) is 2.26. The molecule has 2 heteroatoms. The number of carbonyl (C=O) groups is 1. The van der Waals surface area contributed by atoms with E-state index in [-0.39, 0.29) is 0 Å². The fourth-order valence-electron chi connectivity index (χ4n) is 2.63. The lowest BCUT2D eigenvalue weighted by Crippen LogP contribution is -2.08. The van der Waals surface area contributed by atoms with Crippen molar-refractivity contribution in [2.24, 2.45) is 0 Å². The molecule has 0 atom stereocenters. The van der Waals surface area contributed by atoms with Gasteiger partial charge in [-0.1, -0.05) is 31.4 Å². The van der Waals surface area contributed by atoms with Gasteiger partial charge >= 0.3 is 0 Å². The molecule has 0 aromatic heterocycles. The minimum Gasteiger partial charge on any atom is -0.428 e. The van der Waals surface area contributed by atoms with Gasteiger partial charge in [-0.05, 0) is 31.2 Å². The Hall–Kier alpha value is -1.31. The van der Waals surface area contributed by atoms with Gasteiger partial charge in [-0.3, -0.25) is 4.79 Å². The number of hydrogen-bond acceptors (Lipinski definition) is 2. The average molecular weight is 217 g/mol. The predicted octanol–water partition coefficient (Wildman–Crippen LogP) is 3.38. The number of hydrogen-bond donors (Lipinski definition) is 0. The van der Waals surface area contributed by atoms with Crippen LogP contribution in [0, 0.1) is 13.0 Å². The smallest absolute Gasteiger partial charge is 0.298 e. The lowest BCUT2D eigenvalue weighted by atomic mass is 9.82. The molecule has 1 saturated carbocycles. The van der Waals surface area contributed by atoms with Crippen LogP contribution in [0.2, 0.25) is 0 Å². The first-order valence-electron chi connectivity index (χ1n) is 5.94. The summed E-state index contributed by atoms with van der Waals surface area (Å²) in [4.78, 5) is 10.5. The Labute approximate surface area is 96.6 Å². The summed E-state index contributed by atoms with van der Waals surface area (Å²) in [5.41, 5.74) is 2.40. The standard InChI is InChI=1S/C14H17O2/c1-11-6-5-9-13(16-10-15)14(11)12-7-3-2-4-8-12/h5-6,10,12H,2-4,7-8H2,1H3. The maximum atomic E-state index is 10.5. The second kappa shape index (κ2) is 5.15. The van der Waals surface area contributed by atoms with Crippen molar-refractivity contribution in [3.63, 3.8) is 0 Å². The van der Waals surface area contributed by atoms with Gasteiger partial charge in [0.1, 0.15) is 5.75 Å². The highest BCUT2D eigenvalue weighted by Crippen LogP contribution is 2.38. The Morgan fingerprint density at radius 2 is 2.12 bits per heavy atom. The highest BCUT2D eigenvalue weighted by molar-refractivity contribution is 5.50. The quantitative estimate of drug-likeness (QED) is 0.725. The summed E-state index contributed by atoms with van der Waals surface area (Å²) in [6.45, 7) is 2.58. The zero-order valence-corrected chi connectivity index (χ0v) is 9.66. The Balaban J connectivity index is 2.31. The molecule has 0 unspecified atom stereocenters. The van der Waals surface area contributed by atoms with Crippen LogP contribution in [0.15, 0.2) is 12.1 Å². The molecule has 2 rings (SSSR count). The van der Waals surface area contributed by atoms with Crippen molar-refractivity contribution in [3.05, 3.63) is 29.3 Å². The van der Waals surface area contributed by atoms with Crippen LogP contribution >= 0.6 is 0 Å². The van der Waals surface area contributed by atoms with Gasteiger partial charge in [-0.15, -0.1) is 0 Å². The summed E-state index contributed by atoms with van der Waals surface area (Å²) in [5.74, 6) is 1.17. The van der Waals surface area contributed by atoms with Crippen LogP contribution in [0.4, 0.5) is 0 Å². The monoisotopic (exact) mass is 217 g/mol. The molecule has 1 radical (unpaired) electrons. The highest BCUT2D eigenvalue weighted by atomic mass is 16.5. The normalized spacial score (nSPS) is 17.1. The van der Waals surface area contributed by atoms with Crippen molar-refractivity contribution in [2.75, 3.05) is 0 Å². The van der Waals surface area contributed by atoms with E-state index in [2.05, 4.69) is 13.0 Å². The van der Waals surface area contributed by atoms with E-state index in [1.807, 2.05) is 12.1 Å². The number of aryl methyl sites for hydroxylation is 1. The fourth-order valence-corrected chi connectivity index (χ4v) is 2.63. The van der Waals surface area contributed by atoms with Crippen LogP contribution in [0.3, 0.4) is 0 Å². The maximum Gasteiger partial charge on any atom is 0.298 e. The second-order valence-corrected chi connectivity index (χ2v) is 4.45. The maximum absolute atomic E-state index is 10.5. The van der Waals surface area contributed by atoms with Crippen molar-refractivity contribution >= 4 is 6.47 Å². The zero-order valence-electron chi connectivity index (χ0n) is 9.66.